The molecule has 35 heavy (non-hydrogen) atoms. The average Bonchev–Trinajstić information content (AvgIpc) is 2.87. The first kappa shape index (κ1) is 33.5. The van der Waals surface area contributed by atoms with Gasteiger partial charge in [-0.25, -0.2) is 5.84 Å². The number of rotatable bonds is 28. The highest BCUT2D eigenvalue weighted by atomic mass is 16.6. The van der Waals surface area contributed by atoms with E-state index in [2.05, 4.69) is 5.32 Å². The van der Waals surface area contributed by atoms with Crippen molar-refractivity contribution in [1.82, 2.24) is 10.7 Å². The summed E-state index contributed by atoms with van der Waals surface area (Å²) >= 11 is 0. The third-order valence-corrected chi connectivity index (χ3v) is 3.95. The zero-order valence-corrected chi connectivity index (χ0v) is 20.5. The van der Waals surface area contributed by atoms with Gasteiger partial charge in [-0.3, -0.25) is 15.0 Å². The molecule has 14 nitrogen and oxygen atoms in total. The number of aliphatic hydroxyl groups is 1. The van der Waals surface area contributed by atoms with Crippen LogP contribution >= 0.6 is 0 Å². The van der Waals surface area contributed by atoms with E-state index < -0.39 is 12.5 Å². The van der Waals surface area contributed by atoms with E-state index in [0.717, 1.165) is 0 Å². The zero-order valence-electron chi connectivity index (χ0n) is 20.5. The van der Waals surface area contributed by atoms with E-state index in [1.807, 2.05) is 5.43 Å². The smallest absolute Gasteiger partial charge is 0.245 e. The largest absolute Gasteiger partial charge is 0.387 e. The fraction of sp³-hybridized carbons (Fsp3) is 0.905. The Balaban J connectivity index is 3.05. The van der Waals surface area contributed by atoms with Crippen LogP contribution in [-0.4, -0.2) is 136 Å². The number of hydrazine groups is 1. The summed E-state index contributed by atoms with van der Waals surface area (Å²) in [6.45, 7) is 6.93. The Morgan fingerprint density at radius 3 is 1.14 bits per heavy atom. The van der Waals surface area contributed by atoms with Crippen LogP contribution < -0.4 is 16.6 Å². The maximum Gasteiger partial charge on any atom is 0.245 e. The normalized spacial score (nSPS) is 11.0. The number of nitrogens with two attached hydrogens (primary N) is 1. The van der Waals surface area contributed by atoms with Gasteiger partial charge in [-0.05, 0) is 0 Å². The van der Waals surface area contributed by atoms with Gasteiger partial charge in [-0.15, -0.1) is 0 Å². The second-order valence-corrected chi connectivity index (χ2v) is 6.72. The number of amides is 2. The van der Waals surface area contributed by atoms with Gasteiger partial charge in [0.1, 0.15) is 6.61 Å². The van der Waals surface area contributed by atoms with E-state index in [4.69, 9.17) is 48.8 Å². The van der Waals surface area contributed by atoms with Gasteiger partial charge in [0.05, 0.1) is 112 Å². The van der Waals surface area contributed by atoms with Crippen LogP contribution in [0.15, 0.2) is 0 Å². The average molecular weight is 514 g/mol. The predicted molar refractivity (Wildman–Crippen MR) is 124 cm³/mol. The first-order valence-electron chi connectivity index (χ1n) is 11.7. The Morgan fingerprint density at radius 1 is 0.514 bits per heavy atom. The van der Waals surface area contributed by atoms with E-state index in [9.17, 15) is 9.59 Å². The molecule has 14 heteroatoms. The van der Waals surface area contributed by atoms with E-state index in [-0.39, 0.29) is 12.3 Å². The van der Waals surface area contributed by atoms with Crippen LogP contribution in [0, 0.1) is 0 Å². The van der Waals surface area contributed by atoms with Gasteiger partial charge in [-0.1, -0.05) is 0 Å². The van der Waals surface area contributed by atoms with Crippen molar-refractivity contribution in [2.75, 3.05) is 119 Å². The maximum absolute atomic E-state index is 10.9. The molecular formula is C21H43N3O11. The molecule has 0 aliphatic heterocycles. The van der Waals surface area contributed by atoms with Crippen LogP contribution in [0.1, 0.15) is 6.42 Å². The number of aliphatic hydroxyl groups excluding tert-OH is 1. The second-order valence-electron chi connectivity index (χ2n) is 6.72. The van der Waals surface area contributed by atoms with Crippen LogP contribution in [0.2, 0.25) is 0 Å². The van der Waals surface area contributed by atoms with Crippen LogP contribution in [0.4, 0.5) is 0 Å². The van der Waals surface area contributed by atoms with Gasteiger partial charge in [0, 0.05) is 6.54 Å². The van der Waals surface area contributed by atoms with Crippen molar-refractivity contribution in [2.45, 2.75) is 6.42 Å². The lowest BCUT2D eigenvalue weighted by Gasteiger charge is -2.09. The molecule has 0 aromatic heterocycles. The molecule has 2 amide bonds. The Kier molecular flexibility index (Phi) is 27.6. The molecule has 0 bridgehead atoms. The van der Waals surface area contributed by atoms with Crippen molar-refractivity contribution in [1.29, 1.82) is 0 Å². The highest BCUT2D eigenvalue weighted by Gasteiger charge is 1.98. The minimum absolute atomic E-state index is 0.227. The molecule has 0 aromatic rings. The number of hydrogen-bond donors (Lipinski definition) is 4. The third kappa shape index (κ3) is 28.7. The number of carbonyl (C=O) groups excluding carboxylic acids is 2. The molecule has 0 heterocycles. The van der Waals surface area contributed by atoms with Crippen molar-refractivity contribution in [3.63, 3.8) is 0 Å². The molecular weight excluding hydrogens is 470 g/mol. The Morgan fingerprint density at radius 2 is 0.829 bits per heavy atom. The predicted octanol–water partition coefficient (Wildman–Crippen LogP) is -2.39. The topological polar surface area (TPSA) is 178 Å². The summed E-state index contributed by atoms with van der Waals surface area (Å²) in [6, 6.07) is 0. The molecule has 0 unspecified atom stereocenters. The van der Waals surface area contributed by atoms with Crippen LogP contribution in [-0.2, 0) is 47.5 Å². The fourth-order valence-corrected chi connectivity index (χ4v) is 2.20. The summed E-state index contributed by atoms with van der Waals surface area (Å²) in [5.74, 6) is 4.27. The number of nitrogens with one attached hydrogen (secondary N) is 2. The van der Waals surface area contributed by atoms with Crippen molar-refractivity contribution >= 4 is 11.8 Å². The maximum atomic E-state index is 10.9. The lowest BCUT2D eigenvalue weighted by Crippen LogP contribution is -2.30. The van der Waals surface area contributed by atoms with Crippen molar-refractivity contribution in [3.05, 3.63) is 0 Å². The zero-order chi connectivity index (χ0) is 25.7. The minimum Gasteiger partial charge on any atom is -0.387 e. The lowest BCUT2D eigenvalue weighted by atomic mass is 10.4. The molecule has 0 saturated carbocycles. The summed E-state index contributed by atoms with van der Waals surface area (Å²) < 4.78 is 42.7. The molecule has 0 rings (SSSR count). The molecule has 0 saturated heterocycles. The second kappa shape index (κ2) is 28.8. The van der Waals surface area contributed by atoms with E-state index in [0.29, 0.717) is 112 Å². The Hall–Kier alpha value is -1.46. The summed E-state index contributed by atoms with van der Waals surface area (Å²) in [5, 5.41) is 11.0. The number of hydrogen-bond acceptors (Lipinski definition) is 12. The van der Waals surface area contributed by atoms with Crippen molar-refractivity contribution < 1.29 is 52.6 Å². The van der Waals surface area contributed by atoms with E-state index >= 15 is 0 Å². The van der Waals surface area contributed by atoms with Crippen LogP contribution in [0.25, 0.3) is 0 Å². The first-order valence-corrected chi connectivity index (χ1v) is 11.7. The number of ether oxygens (including phenoxy) is 8. The molecule has 0 fully saturated rings. The molecule has 0 aromatic carbocycles. The fourth-order valence-electron chi connectivity index (χ4n) is 2.20. The summed E-state index contributed by atoms with van der Waals surface area (Å²) in [5.41, 5.74) is 2.03. The minimum atomic E-state index is -0.518. The molecule has 0 radical (unpaired) electrons. The van der Waals surface area contributed by atoms with Gasteiger partial charge in [0.2, 0.25) is 11.8 Å². The Labute approximate surface area is 206 Å². The van der Waals surface area contributed by atoms with Gasteiger partial charge in [0.15, 0.2) is 0 Å². The molecule has 0 aliphatic rings. The Bertz CT molecular complexity index is 436. The standard InChI is InChI=1S/C21H43N3O11/c22-24-20(26)1-3-28-5-7-30-9-11-32-13-15-34-17-18-35-16-14-33-12-10-31-8-6-29-4-2-23-21(27)19-25/h25H,1-19,22H2,(H,23,27)(H,24,26). The molecule has 0 spiro atoms. The summed E-state index contributed by atoms with van der Waals surface area (Å²) in [4.78, 5) is 21.6. The first-order chi connectivity index (χ1) is 17.2. The molecule has 208 valence electrons. The highest BCUT2D eigenvalue weighted by molar-refractivity contribution is 5.76. The quantitative estimate of drug-likeness (QED) is 0.0378. The van der Waals surface area contributed by atoms with Gasteiger partial charge >= 0.3 is 0 Å². The molecule has 0 atom stereocenters. The summed E-state index contributed by atoms with van der Waals surface area (Å²) in [7, 11) is 0. The molecule has 5 N–H and O–H groups in total. The SMILES string of the molecule is NNC(=O)CCOCCOCCOCCOCCOCCOCCOCCOCCNC(=O)CO. The molecule has 0 aliphatic carbocycles. The van der Waals surface area contributed by atoms with Gasteiger partial charge in [0.25, 0.3) is 0 Å². The van der Waals surface area contributed by atoms with Gasteiger partial charge < -0.3 is 48.3 Å². The van der Waals surface area contributed by atoms with Crippen molar-refractivity contribution in [3.8, 4) is 0 Å². The van der Waals surface area contributed by atoms with Crippen LogP contribution in [0.5, 0.6) is 0 Å². The summed E-state index contributed by atoms with van der Waals surface area (Å²) in [6.07, 6.45) is 0.227. The van der Waals surface area contributed by atoms with E-state index in [1.165, 1.54) is 0 Å². The highest BCUT2D eigenvalue weighted by Crippen LogP contribution is 1.86. The third-order valence-electron chi connectivity index (χ3n) is 3.95. The number of carbonyl (C=O) groups is 2. The van der Waals surface area contributed by atoms with Gasteiger partial charge in [-0.2, -0.15) is 0 Å². The van der Waals surface area contributed by atoms with Crippen LogP contribution in [0.3, 0.4) is 0 Å². The van der Waals surface area contributed by atoms with E-state index in [1.54, 1.807) is 0 Å². The lowest BCUT2D eigenvalue weighted by molar-refractivity contribution is -0.124. The van der Waals surface area contributed by atoms with Crippen molar-refractivity contribution in [2.24, 2.45) is 5.84 Å². The monoisotopic (exact) mass is 513 g/mol.